The van der Waals surface area contributed by atoms with Crippen LogP contribution in [0, 0.1) is 11.7 Å². The Morgan fingerprint density at radius 2 is 1.93 bits per heavy atom. The van der Waals surface area contributed by atoms with E-state index >= 15 is 0 Å². The van der Waals surface area contributed by atoms with Gasteiger partial charge in [-0.15, -0.1) is 0 Å². The first-order valence-corrected chi connectivity index (χ1v) is 13.7. The highest BCUT2D eigenvalue weighted by molar-refractivity contribution is 6.30. The van der Waals surface area contributed by atoms with Gasteiger partial charge in [0.15, 0.2) is 0 Å². The zero-order valence-corrected chi connectivity index (χ0v) is 22.9. The van der Waals surface area contributed by atoms with Crippen LogP contribution >= 0.6 is 11.6 Å². The lowest BCUT2D eigenvalue weighted by atomic mass is 10.1. The van der Waals surface area contributed by atoms with Crippen molar-refractivity contribution in [3.63, 3.8) is 0 Å². The van der Waals surface area contributed by atoms with Crippen LogP contribution in [0.4, 0.5) is 4.39 Å². The smallest absolute Gasteiger partial charge is 0.335 e. The van der Waals surface area contributed by atoms with E-state index in [9.17, 15) is 14.3 Å². The molecule has 0 amide bonds. The lowest BCUT2D eigenvalue weighted by Crippen LogP contribution is -2.14. The first kappa shape index (κ1) is 26.9. The predicted octanol–water partition coefficient (Wildman–Crippen LogP) is 6.80. The number of rotatable bonds is 9. The van der Waals surface area contributed by atoms with E-state index in [-0.39, 0.29) is 12.2 Å². The van der Waals surface area contributed by atoms with Crippen LogP contribution in [0.15, 0.2) is 78.9 Å². The van der Waals surface area contributed by atoms with Crippen molar-refractivity contribution in [2.24, 2.45) is 5.92 Å². The summed E-state index contributed by atoms with van der Waals surface area (Å²) in [5, 5.41) is 9.85. The highest BCUT2D eigenvalue weighted by atomic mass is 35.5. The molecule has 0 unspecified atom stereocenters. The molecule has 9 heteroatoms. The molecule has 5 aromatic rings. The number of hydrogen-bond donors (Lipinski definition) is 1. The maximum absolute atomic E-state index is 14.1. The second-order valence-electron chi connectivity index (χ2n) is 10.1. The first-order chi connectivity index (χ1) is 19.9. The van der Waals surface area contributed by atoms with Gasteiger partial charge in [0.1, 0.15) is 18.2 Å². The van der Waals surface area contributed by atoms with Crippen LogP contribution in [0.3, 0.4) is 0 Å². The maximum Gasteiger partial charge on any atom is 0.335 e. The number of imidazole rings is 1. The fourth-order valence-electron chi connectivity index (χ4n) is 5.05. The molecule has 41 heavy (non-hydrogen) atoms. The molecular formula is C32H27ClFN3O4. The molecule has 1 saturated heterocycles. The summed E-state index contributed by atoms with van der Waals surface area (Å²) in [4.78, 5) is 21.1. The van der Waals surface area contributed by atoms with Crippen molar-refractivity contribution in [3.05, 3.63) is 112 Å². The van der Waals surface area contributed by atoms with Gasteiger partial charge in [-0.1, -0.05) is 48.0 Å². The molecular weight excluding hydrogens is 545 g/mol. The van der Waals surface area contributed by atoms with E-state index in [1.54, 1.807) is 36.4 Å². The molecule has 1 atom stereocenters. The normalized spacial score (nSPS) is 14.9. The van der Waals surface area contributed by atoms with Crippen molar-refractivity contribution >= 4 is 28.6 Å². The van der Waals surface area contributed by atoms with Gasteiger partial charge in [0, 0.05) is 47.7 Å². The minimum Gasteiger partial charge on any atom is -0.478 e. The summed E-state index contributed by atoms with van der Waals surface area (Å²) in [7, 11) is 0. The van der Waals surface area contributed by atoms with E-state index in [0.717, 1.165) is 53.3 Å². The Balaban J connectivity index is 1.21. The SMILES string of the molecule is O=C(O)c1ccc2nc(Cc3ccc(-c4cccc(OCc5ccc(Cl)cc5F)n4)cc3)n(C[C@H]3CCOC3)c2c1. The summed E-state index contributed by atoms with van der Waals surface area (Å²) in [6, 6.07) is 23.1. The summed E-state index contributed by atoms with van der Waals surface area (Å²) in [5.41, 5.74) is 4.96. The first-order valence-electron chi connectivity index (χ1n) is 13.4. The van der Waals surface area contributed by atoms with E-state index in [1.165, 1.54) is 6.07 Å². The molecule has 7 nitrogen and oxygen atoms in total. The van der Waals surface area contributed by atoms with Gasteiger partial charge in [-0.2, -0.15) is 0 Å². The highest BCUT2D eigenvalue weighted by Gasteiger charge is 2.21. The summed E-state index contributed by atoms with van der Waals surface area (Å²) in [5.74, 6) is 0.257. The van der Waals surface area contributed by atoms with Crippen LogP contribution in [0.2, 0.25) is 5.02 Å². The molecule has 0 radical (unpaired) electrons. The molecule has 2 aromatic heterocycles. The number of aromatic nitrogens is 3. The number of fused-ring (bicyclic) bond motifs is 1. The molecule has 1 N–H and O–H groups in total. The average molecular weight is 572 g/mol. The second kappa shape index (κ2) is 11.7. The van der Waals surface area contributed by atoms with Gasteiger partial charge in [-0.05, 0) is 48.4 Å². The molecule has 0 saturated carbocycles. The summed E-state index contributed by atoms with van der Waals surface area (Å²) in [6.07, 6.45) is 1.56. The van der Waals surface area contributed by atoms with Crippen LogP contribution in [-0.4, -0.2) is 38.8 Å². The third-order valence-electron chi connectivity index (χ3n) is 7.27. The molecule has 208 valence electrons. The van der Waals surface area contributed by atoms with Gasteiger partial charge in [-0.3, -0.25) is 0 Å². The number of halogens is 2. The minimum atomic E-state index is -0.957. The van der Waals surface area contributed by atoms with Gasteiger partial charge in [0.25, 0.3) is 0 Å². The van der Waals surface area contributed by atoms with Crippen LogP contribution in [0.25, 0.3) is 22.3 Å². The van der Waals surface area contributed by atoms with Gasteiger partial charge >= 0.3 is 5.97 Å². The minimum absolute atomic E-state index is 0.0420. The Morgan fingerprint density at radius 3 is 2.68 bits per heavy atom. The van der Waals surface area contributed by atoms with E-state index < -0.39 is 11.8 Å². The summed E-state index contributed by atoms with van der Waals surface area (Å²) in [6.45, 7) is 2.20. The molecule has 6 rings (SSSR count). The van der Waals surface area contributed by atoms with Gasteiger partial charge in [0.2, 0.25) is 5.88 Å². The zero-order valence-electron chi connectivity index (χ0n) is 22.1. The third kappa shape index (κ3) is 6.09. The van der Waals surface area contributed by atoms with Gasteiger partial charge < -0.3 is 19.1 Å². The third-order valence-corrected chi connectivity index (χ3v) is 7.50. The Labute approximate surface area is 241 Å². The van der Waals surface area contributed by atoms with Crippen LogP contribution < -0.4 is 4.74 Å². The van der Waals surface area contributed by atoms with Gasteiger partial charge in [-0.25, -0.2) is 19.2 Å². The molecule has 1 aliphatic heterocycles. The molecule has 1 aliphatic rings. The number of carboxylic acids is 1. The van der Waals surface area contributed by atoms with E-state index in [4.69, 9.17) is 26.1 Å². The lowest BCUT2D eigenvalue weighted by Gasteiger charge is -2.14. The van der Waals surface area contributed by atoms with Crippen molar-refractivity contribution in [2.45, 2.75) is 26.0 Å². The molecule has 0 spiro atoms. The van der Waals surface area contributed by atoms with Crippen molar-refractivity contribution in [3.8, 4) is 17.1 Å². The maximum atomic E-state index is 14.1. The number of nitrogens with zero attached hydrogens (tertiary/aromatic N) is 3. The fraction of sp³-hybridized carbons (Fsp3) is 0.219. The Bertz CT molecular complexity index is 1710. The standard InChI is InChI=1S/C32H27ClFN3O4/c33-25-10-8-24(26(34)16-25)19-41-31-3-1-2-27(36-31)22-6-4-20(5-7-22)14-30-35-28-11-9-23(32(38)39)15-29(28)37(30)17-21-12-13-40-18-21/h1-11,15-16,21H,12-14,17-19H2,(H,38,39)/t21-/m1/s1. The summed E-state index contributed by atoms with van der Waals surface area (Å²) < 4.78 is 27.6. The largest absolute Gasteiger partial charge is 0.478 e. The quantitative estimate of drug-likeness (QED) is 0.209. The van der Waals surface area contributed by atoms with Crippen molar-refractivity contribution in [2.75, 3.05) is 13.2 Å². The molecule has 1 fully saturated rings. The molecule has 3 heterocycles. The molecule has 3 aromatic carbocycles. The molecule has 0 bridgehead atoms. The summed E-state index contributed by atoms with van der Waals surface area (Å²) >= 11 is 5.83. The van der Waals surface area contributed by atoms with Crippen molar-refractivity contribution in [1.82, 2.24) is 14.5 Å². The van der Waals surface area contributed by atoms with Crippen molar-refractivity contribution < 1.29 is 23.8 Å². The second-order valence-corrected chi connectivity index (χ2v) is 10.6. The molecule has 0 aliphatic carbocycles. The number of carbonyl (C=O) groups is 1. The number of benzene rings is 3. The fourth-order valence-corrected chi connectivity index (χ4v) is 5.21. The number of ether oxygens (including phenoxy) is 2. The van der Waals surface area contributed by atoms with E-state index in [0.29, 0.717) is 35.4 Å². The Hall–Kier alpha value is -4.27. The van der Waals surface area contributed by atoms with Crippen molar-refractivity contribution in [1.29, 1.82) is 0 Å². The van der Waals surface area contributed by atoms with Gasteiger partial charge in [0.05, 0.1) is 28.9 Å². The van der Waals surface area contributed by atoms with Crippen LogP contribution in [0.5, 0.6) is 5.88 Å². The number of carboxylic acid groups (broad SMARTS) is 1. The Morgan fingerprint density at radius 1 is 1.07 bits per heavy atom. The van der Waals surface area contributed by atoms with Crippen LogP contribution in [-0.2, 0) is 24.3 Å². The number of pyridine rings is 1. The van der Waals surface area contributed by atoms with E-state index in [2.05, 4.69) is 9.55 Å². The average Bonchev–Trinajstić information content (AvgIpc) is 3.61. The van der Waals surface area contributed by atoms with E-state index in [1.807, 2.05) is 36.4 Å². The van der Waals surface area contributed by atoms with Crippen LogP contribution in [0.1, 0.15) is 33.7 Å². The monoisotopic (exact) mass is 571 g/mol. The zero-order chi connectivity index (χ0) is 28.3. The Kier molecular flexibility index (Phi) is 7.67. The topological polar surface area (TPSA) is 86.5 Å². The number of aromatic carboxylic acids is 1. The predicted molar refractivity (Wildman–Crippen MR) is 154 cm³/mol. The number of hydrogen-bond acceptors (Lipinski definition) is 5. The lowest BCUT2D eigenvalue weighted by molar-refractivity contribution is 0.0697. The highest BCUT2D eigenvalue weighted by Crippen LogP contribution is 2.26.